The van der Waals surface area contributed by atoms with Crippen LogP contribution in [0.5, 0.6) is 5.75 Å². The number of aromatic nitrogens is 1. The van der Waals surface area contributed by atoms with Crippen molar-refractivity contribution in [3.8, 4) is 5.75 Å². The topological polar surface area (TPSA) is 48.1 Å². The number of nitrogens with two attached hydrogens (primary N) is 1. The molecule has 3 nitrogen and oxygen atoms in total. The van der Waals surface area contributed by atoms with Gasteiger partial charge in [-0.05, 0) is 30.3 Å². The number of halogens is 2. The fourth-order valence-electron chi connectivity index (χ4n) is 1.81. The quantitative estimate of drug-likeness (QED) is 0.787. The monoisotopic (exact) mass is 308 g/mol. The molecule has 3 rings (SSSR count). The van der Waals surface area contributed by atoms with E-state index in [2.05, 4.69) is 4.98 Å². The third kappa shape index (κ3) is 2.69. The van der Waals surface area contributed by atoms with Gasteiger partial charge in [-0.1, -0.05) is 29.0 Å². The summed E-state index contributed by atoms with van der Waals surface area (Å²) >= 11 is 7.35. The number of fused-ring (bicyclic) bond motifs is 1. The summed E-state index contributed by atoms with van der Waals surface area (Å²) in [7, 11) is 0. The van der Waals surface area contributed by atoms with Gasteiger partial charge < -0.3 is 10.5 Å². The van der Waals surface area contributed by atoms with Gasteiger partial charge in [-0.25, -0.2) is 9.37 Å². The Labute approximate surface area is 123 Å². The maximum Gasteiger partial charge on any atom is 0.181 e. The Hall–Kier alpha value is -1.85. The van der Waals surface area contributed by atoms with Gasteiger partial charge in [-0.15, -0.1) is 0 Å². The van der Waals surface area contributed by atoms with Gasteiger partial charge in [0.15, 0.2) is 5.13 Å². The van der Waals surface area contributed by atoms with Gasteiger partial charge in [0, 0.05) is 5.56 Å². The van der Waals surface area contributed by atoms with Gasteiger partial charge in [0.25, 0.3) is 0 Å². The molecule has 0 aliphatic rings. The minimum Gasteiger partial charge on any atom is -0.489 e. The van der Waals surface area contributed by atoms with Gasteiger partial charge in [-0.3, -0.25) is 0 Å². The molecule has 0 bridgehead atoms. The van der Waals surface area contributed by atoms with Crippen LogP contribution in [0.25, 0.3) is 10.2 Å². The number of benzene rings is 2. The van der Waals surface area contributed by atoms with Crippen LogP contribution in [0.4, 0.5) is 9.52 Å². The van der Waals surface area contributed by atoms with Crippen LogP contribution in [0.2, 0.25) is 5.02 Å². The average Bonchev–Trinajstić information content (AvgIpc) is 2.77. The molecule has 0 spiro atoms. The highest BCUT2D eigenvalue weighted by atomic mass is 35.5. The Kier molecular flexibility index (Phi) is 3.46. The molecule has 0 fully saturated rings. The zero-order chi connectivity index (χ0) is 14.1. The zero-order valence-corrected chi connectivity index (χ0v) is 11.8. The molecule has 0 unspecified atom stereocenters. The highest BCUT2D eigenvalue weighted by Crippen LogP contribution is 2.28. The van der Waals surface area contributed by atoms with Gasteiger partial charge in [0.1, 0.15) is 18.2 Å². The predicted octanol–water partition coefficient (Wildman–Crippen LogP) is 4.25. The standard InChI is InChI=1S/C14H10ClFN2OS/c15-11-5-9(16)2-1-8(11)7-19-10-3-4-12-13(6-10)20-14(17)18-12/h1-6H,7H2,(H2,17,18). The fourth-order valence-corrected chi connectivity index (χ4v) is 2.80. The van der Waals surface area contributed by atoms with Crippen molar-refractivity contribution in [1.82, 2.24) is 4.98 Å². The normalized spacial score (nSPS) is 10.9. The number of hydrogen-bond acceptors (Lipinski definition) is 4. The summed E-state index contributed by atoms with van der Waals surface area (Å²) in [4.78, 5) is 4.17. The molecule has 1 heterocycles. The third-order valence-electron chi connectivity index (χ3n) is 2.79. The van der Waals surface area contributed by atoms with Crippen LogP contribution in [0.1, 0.15) is 5.56 Å². The molecule has 1 aromatic heterocycles. The zero-order valence-electron chi connectivity index (χ0n) is 10.3. The maximum atomic E-state index is 12.9. The second-order valence-electron chi connectivity index (χ2n) is 4.21. The molecule has 20 heavy (non-hydrogen) atoms. The van der Waals surface area contributed by atoms with Crippen LogP contribution in [0.15, 0.2) is 36.4 Å². The van der Waals surface area contributed by atoms with Crippen LogP contribution in [0.3, 0.4) is 0 Å². The Morgan fingerprint density at radius 2 is 2.10 bits per heavy atom. The smallest absolute Gasteiger partial charge is 0.181 e. The number of thiazole rings is 1. The van der Waals surface area contributed by atoms with Gasteiger partial charge in [0.05, 0.1) is 15.2 Å². The molecule has 102 valence electrons. The second kappa shape index (κ2) is 5.26. The van der Waals surface area contributed by atoms with Crippen molar-refractivity contribution in [3.63, 3.8) is 0 Å². The largest absolute Gasteiger partial charge is 0.489 e. The molecule has 2 N–H and O–H groups in total. The summed E-state index contributed by atoms with van der Waals surface area (Å²) in [5, 5.41) is 0.881. The van der Waals surface area contributed by atoms with Crippen LogP contribution in [0, 0.1) is 5.82 Å². The van der Waals surface area contributed by atoms with Crippen LogP contribution in [-0.2, 0) is 6.61 Å². The Bertz CT molecular complexity index is 775. The third-order valence-corrected chi connectivity index (χ3v) is 3.99. The van der Waals surface area contributed by atoms with Crippen molar-refractivity contribution in [3.05, 3.63) is 52.8 Å². The van der Waals surface area contributed by atoms with Crippen molar-refractivity contribution in [2.24, 2.45) is 0 Å². The van der Waals surface area contributed by atoms with E-state index < -0.39 is 0 Å². The lowest BCUT2D eigenvalue weighted by Gasteiger charge is -2.07. The number of nitrogen functional groups attached to an aromatic ring is 1. The summed E-state index contributed by atoms with van der Waals surface area (Å²) in [5.41, 5.74) is 7.23. The lowest BCUT2D eigenvalue weighted by atomic mass is 10.2. The Balaban J connectivity index is 1.79. The second-order valence-corrected chi connectivity index (χ2v) is 5.68. The summed E-state index contributed by atoms with van der Waals surface area (Å²) in [5.74, 6) is 0.335. The first kappa shape index (κ1) is 13.1. The van der Waals surface area contributed by atoms with E-state index in [0.717, 1.165) is 15.8 Å². The first-order valence-corrected chi connectivity index (χ1v) is 7.04. The van der Waals surface area contributed by atoms with E-state index in [1.807, 2.05) is 18.2 Å². The molecule has 0 atom stereocenters. The molecular weight excluding hydrogens is 299 g/mol. The molecule has 3 aromatic rings. The minimum absolute atomic E-state index is 0.277. The van der Waals surface area contributed by atoms with Gasteiger partial charge >= 0.3 is 0 Å². The van der Waals surface area contributed by atoms with E-state index in [4.69, 9.17) is 22.1 Å². The number of hydrogen-bond donors (Lipinski definition) is 1. The van der Waals surface area contributed by atoms with Crippen LogP contribution < -0.4 is 10.5 Å². The maximum absolute atomic E-state index is 12.9. The SMILES string of the molecule is Nc1nc2ccc(OCc3ccc(F)cc3Cl)cc2s1. The summed E-state index contributed by atoms with van der Waals surface area (Å²) < 4.78 is 19.6. The lowest BCUT2D eigenvalue weighted by Crippen LogP contribution is -1.96. The van der Waals surface area contributed by atoms with Crippen molar-refractivity contribution in [2.45, 2.75) is 6.61 Å². The summed E-state index contributed by atoms with van der Waals surface area (Å²) in [6.45, 7) is 0.277. The number of anilines is 1. The van der Waals surface area contributed by atoms with Crippen molar-refractivity contribution in [1.29, 1.82) is 0 Å². The molecule has 0 aliphatic heterocycles. The van der Waals surface area contributed by atoms with E-state index in [1.165, 1.54) is 23.5 Å². The van der Waals surface area contributed by atoms with Crippen molar-refractivity contribution < 1.29 is 9.13 Å². The van der Waals surface area contributed by atoms with Crippen molar-refractivity contribution in [2.75, 3.05) is 5.73 Å². The van der Waals surface area contributed by atoms with E-state index in [9.17, 15) is 4.39 Å². The first-order chi connectivity index (χ1) is 9.61. The predicted molar refractivity (Wildman–Crippen MR) is 79.8 cm³/mol. The molecule has 2 aromatic carbocycles. The average molecular weight is 309 g/mol. The minimum atomic E-state index is -0.361. The van der Waals surface area contributed by atoms with E-state index in [-0.39, 0.29) is 12.4 Å². The molecule has 0 radical (unpaired) electrons. The number of ether oxygens (including phenoxy) is 1. The summed E-state index contributed by atoms with van der Waals surface area (Å²) in [6, 6.07) is 9.79. The Morgan fingerprint density at radius 3 is 2.90 bits per heavy atom. The van der Waals surface area contributed by atoms with Crippen molar-refractivity contribution >= 4 is 38.3 Å². The fraction of sp³-hybridized carbons (Fsp3) is 0.0714. The molecular formula is C14H10ClFN2OS. The number of rotatable bonds is 3. The lowest BCUT2D eigenvalue weighted by molar-refractivity contribution is 0.306. The highest BCUT2D eigenvalue weighted by molar-refractivity contribution is 7.22. The summed E-state index contributed by atoms with van der Waals surface area (Å²) in [6.07, 6.45) is 0. The number of nitrogens with zero attached hydrogens (tertiary/aromatic N) is 1. The molecule has 0 amide bonds. The molecule has 0 aliphatic carbocycles. The molecule has 0 saturated carbocycles. The van der Waals surface area contributed by atoms with Gasteiger partial charge in [0.2, 0.25) is 0 Å². The first-order valence-electron chi connectivity index (χ1n) is 5.84. The van der Waals surface area contributed by atoms with Crippen LogP contribution >= 0.6 is 22.9 Å². The van der Waals surface area contributed by atoms with Gasteiger partial charge in [-0.2, -0.15) is 0 Å². The highest BCUT2D eigenvalue weighted by Gasteiger charge is 2.05. The Morgan fingerprint density at radius 1 is 1.25 bits per heavy atom. The van der Waals surface area contributed by atoms with E-state index >= 15 is 0 Å². The van der Waals surface area contributed by atoms with E-state index in [1.54, 1.807) is 6.07 Å². The van der Waals surface area contributed by atoms with E-state index in [0.29, 0.717) is 15.9 Å². The molecule has 0 saturated heterocycles. The van der Waals surface area contributed by atoms with Crippen LogP contribution in [-0.4, -0.2) is 4.98 Å². The molecule has 6 heteroatoms.